The smallest absolute Gasteiger partial charge is 0.265 e. The van der Waals surface area contributed by atoms with Gasteiger partial charge in [-0.15, -0.1) is 0 Å². The van der Waals surface area contributed by atoms with E-state index in [-0.39, 0.29) is 17.2 Å². The molecule has 6 nitrogen and oxygen atoms in total. The van der Waals surface area contributed by atoms with Crippen LogP contribution in [0.4, 0.5) is 5.69 Å². The molecule has 132 valence electrons. The van der Waals surface area contributed by atoms with Gasteiger partial charge in [-0.25, -0.2) is 0 Å². The Morgan fingerprint density at radius 3 is 2.16 bits per heavy atom. The average molecular weight is 426 g/mol. The predicted octanol–water partition coefficient (Wildman–Crippen LogP) is 4.18. The molecule has 0 radical (unpaired) electrons. The van der Waals surface area contributed by atoms with Gasteiger partial charge in [-0.3, -0.25) is 14.3 Å². The highest BCUT2D eigenvalue weighted by molar-refractivity contribution is 9.10. The zero-order valence-corrected chi connectivity index (χ0v) is 15.6. The van der Waals surface area contributed by atoms with E-state index < -0.39 is 20.5 Å². The van der Waals surface area contributed by atoms with E-state index in [0.29, 0.717) is 0 Å². The van der Waals surface area contributed by atoms with Crippen molar-refractivity contribution in [3.8, 4) is 0 Å². The van der Waals surface area contributed by atoms with Crippen LogP contribution in [0.3, 0.4) is 0 Å². The minimum absolute atomic E-state index is 0.0154. The van der Waals surface area contributed by atoms with Crippen molar-refractivity contribution in [3.63, 3.8) is 0 Å². The fraction of sp³-hybridized carbons (Fsp3) is 0.294. The van der Waals surface area contributed by atoms with E-state index in [1.807, 2.05) is 0 Å². The predicted molar refractivity (Wildman–Crippen MR) is 95.9 cm³/mol. The summed E-state index contributed by atoms with van der Waals surface area (Å²) in [4.78, 5) is 10.4. The molecule has 1 aliphatic carbocycles. The third-order valence-corrected chi connectivity index (χ3v) is 6.40. The Balaban J connectivity index is 1.77. The first-order valence-corrected chi connectivity index (χ1v) is 9.93. The highest BCUT2D eigenvalue weighted by Gasteiger charge is 2.40. The third-order valence-electron chi connectivity index (χ3n) is 4.59. The Morgan fingerprint density at radius 1 is 1.08 bits per heavy atom. The second-order valence-corrected chi connectivity index (χ2v) is 8.64. The molecule has 0 aliphatic heterocycles. The minimum Gasteiger partial charge on any atom is -0.265 e. The molecule has 0 unspecified atom stereocenters. The Kier molecular flexibility index (Phi) is 4.95. The fourth-order valence-corrected chi connectivity index (χ4v) is 4.17. The van der Waals surface area contributed by atoms with Crippen LogP contribution in [-0.4, -0.2) is 19.9 Å². The summed E-state index contributed by atoms with van der Waals surface area (Å²) < 4.78 is 30.9. The summed E-state index contributed by atoms with van der Waals surface area (Å²) in [6.45, 7) is 0.0310. The van der Waals surface area contributed by atoms with Gasteiger partial charge in [0.1, 0.15) is 0 Å². The standard InChI is InChI=1S/C17H16BrNO5S/c18-14-4-8-16(9-5-14)25(22,23)24-12-17(10-1-11-17)13-2-6-15(7-3-13)19(20)21/h2-9H,1,10-12H2. The number of benzene rings is 2. The van der Waals surface area contributed by atoms with Crippen LogP contribution in [0.5, 0.6) is 0 Å². The van der Waals surface area contributed by atoms with Crippen LogP contribution in [0, 0.1) is 10.1 Å². The van der Waals surface area contributed by atoms with Crippen molar-refractivity contribution < 1.29 is 17.5 Å². The molecule has 3 rings (SSSR count). The largest absolute Gasteiger partial charge is 0.297 e. The fourth-order valence-electron chi connectivity index (χ4n) is 2.92. The van der Waals surface area contributed by atoms with Crippen LogP contribution in [0.25, 0.3) is 0 Å². The maximum atomic E-state index is 12.4. The highest BCUT2D eigenvalue weighted by Crippen LogP contribution is 2.44. The van der Waals surface area contributed by atoms with E-state index in [0.717, 1.165) is 29.3 Å². The maximum absolute atomic E-state index is 12.4. The number of hydrogen-bond acceptors (Lipinski definition) is 5. The summed E-state index contributed by atoms with van der Waals surface area (Å²) in [5, 5.41) is 10.8. The Bertz CT molecular complexity index is 874. The maximum Gasteiger partial charge on any atom is 0.297 e. The summed E-state index contributed by atoms with van der Waals surface area (Å²) in [6.07, 6.45) is 2.56. The Labute approximate surface area is 154 Å². The number of nitro groups is 1. The quantitative estimate of drug-likeness (QED) is 0.393. The molecule has 2 aromatic carbocycles. The minimum atomic E-state index is -3.85. The second-order valence-electron chi connectivity index (χ2n) is 6.11. The van der Waals surface area contributed by atoms with Crippen molar-refractivity contribution in [2.24, 2.45) is 0 Å². The van der Waals surface area contributed by atoms with Crippen LogP contribution in [0.15, 0.2) is 57.9 Å². The zero-order valence-electron chi connectivity index (χ0n) is 13.2. The number of nitro benzene ring substituents is 1. The van der Waals surface area contributed by atoms with Gasteiger partial charge in [-0.05, 0) is 42.7 Å². The molecule has 0 bridgehead atoms. The van der Waals surface area contributed by atoms with Crippen molar-refractivity contribution in [3.05, 3.63) is 68.7 Å². The molecule has 8 heteroatoms. The van der Waals surface area contributed by atoms with Gasteiger partial charge < -0.3 is 0 Å². The van der Waals surface area contributed by atoms with Gasteiger partial charge in [-0.1, -0.05) is 34.5 Å². The number of hydrogen-bond donors (Lipinski definition) is 0. The van der Waals surface area contributed by atoms with Crippen molar-refractivity contribution in [1.82, 2.24) is 0 Å². The molecule has 0 aromatic heterocycles. The van der Waals surface area contributed by atoms with Gasteiger partial charge in [0.2, 0.25) is 0 Å². The summed E-state index contributed by atoms with van der Waals surface area (Å²) in [5.74, 6) is 0. The van der Waals surface area contributed by atoms with Crippen molar-refractivity contribution in [2.75, 3.05) is 6.61 Å². The van der Waals surface area contributed by atoms with E-state index in [1.54, 1.807) is 24.3 Å². The number of nitrogens with zero attached hydrogens (tertiary/aromatic N) is 1. The zero-order chi connectivity index (χ0) is 18.1. The van der Waals surface area contributed by atoms with E-state index in [4.69, 9.17) is 4.18 Å². The molecule has 0 N–H and O–H groups in total. The Morgan fingerprint density at radius 2 is 1.68 bits per heavy atom. The van der Waals surface area contributed by atoms with Crippen molar-refractivity contribution in [1.29, 1.82) is 0 Å². The lowest BCUT2D eigenvalue weighted by molar-refractivity contribution is -0.384. The van der Waals surface area contributed by atoms with Crippen molar-refractivity contribution in [2.45, 2.75) is 29.6 Å². The molecule has 0 atom stereocenters. The van der Waals surface area contributed by atoms with E-state index in [1.165, 1.54) is 24.3 Å². The van der Waals surface area contributed by atoms with Crippen LogP contribution in [-0.2, 0) is 19.7 Å². The molecule has 0 heterocycles. The summed E-state index contributed by atoms with van der Waals surface area (Å²) >= 11 is 3.27. The summed E-state index contributed by atoms with van der Waals surface area (Å²) in [6, 6.07) is 12.5. The SMILES string of the molecule is O=[N+]([O-])c1ccc(C2(COS(=O)(=O)c3ccc(Br)cc3)CCC2)cc1. The van der Waals surface area contributed by atoms with Gasteiger partial charge in [0.05, 0.1) is 16.4 Å². The molecule has 1 aliphatic rings. The molecular weight excluding hydrogens is 410 g/mol. The van der Waals surface area contributed by atoms with Gasteiger partial charge in [0, 0.05) is 22.0 Å². The van der Waals surface area contributed by atoms with Crippen LogP contribution in [0.1, 0.15) is 24.8 Å². The average Bonchev–Trinajstić information content (AvgIpc) is 2.54. The molecule has 2 aromatic rings. The monoisotopic (exact) mass is 425 g/mol. The molecule has 1 saturated carbocycles. The van der Waals surface area contributed by atoms with Gasteiger partial charge in [-0.2, -0.15) is 8.42 Å². The molecular formula is C17H16BrNO5S. The Hall–Kier alpha value is -1.77. The first kappa shape index (κ1) is 18.0. The first-order valence-electron chi connectivity index (χ1n) is 7.72. The van der Waals surface area contributed by atoms with Crippen LogP contribution >= 0.6 is 15.9 Å². The third kappa shape index (κ3) is 3.75. The normalized spacial score (nSPS) is 16.2. The molecule has 25 heavy (non-hydrogen) atoms. The van der Waals surface area contributed by atoms with Crippen LogP contribution < -0.4 is 0 Å². The number of non-ortho nitro benzene ring substituents is 1. The van der Waals surface area contributed by atoms with Crippen LogP contribution in [0.2, 0.25) is 0 Å². The topological polar surface area (TPSA) is 86.5 Å². The van der Waals surface area contributed by atoms with E-state index >= 15 is 0 Å². The molecule has 1 fully saturated rings. The van der Waals surface area contributed by atoms with Crippen molar-refractivity contribution >= 4 is 31.7 Å². The lowest BCUT2D eigenvalue weighted by Crippen LogP contribution is -2.39. The highest BCUT2D eigenvalue weighted by atomic mass is 79.9. The van der Waals surface area contributed by atoms with Gasteiger partial charge in [0.15, 0.2) is 0 Å². The van der Waals surface area contributed by atoms with E-state index in [2.05, 4.69) is 15.9 Å². The summed E-state index contributed by atoms with van der Waals surface area (Å²) in [5.41, 5.74) is 0.481. The second kappa shape index (κ2) is 6.86. The molecule has 0 spiro atoms. The summed E-state index contributed by atoms with van der Waals surface area (Å²) in [7, 11) is -3.85. The van der Waals surface area contributed by atoms with E-state index in [9.17, 15) is 18.5 Å². The van der Waals surface area contributed by atoms with Gasteiger partial charge in [0.25, 0.3) is 15.8 Å². The lowest BCUT2D eigenvalue weighted by Gasteiger charge is -2.41. The number of halogens is 1. The first-order chi connectivity index (χ1) is 11.8. The molecule has 0 amide bonds. The number of rotatable bonds is 6. The molecule has 0 saturated heterocycles. The lowest BCUT2D eigenvalue weighted by atomic mass is 9.65. The van der Waals surface area contributed by atoms with Gasteiger partial charge >= 0.3 is 0 Å².